The van der Waals surface area contributed by atoms with Gasteiger partial charge in [0, 0.05) is 13.0 Å². The van der Waals surface area contributed by atoms with E-state index in [1.165, 1.54) is 0 Å². The predicted molar refractivity (Wildman–Crippen MR) is 48.1 cm³/mol. The van der Waals surface area contributed by atoms with Crippen LogP contribution in [0.15, 0.2) is 0 Å². The van der Waals surface area contributed by atoms with Crippen molar-refractivity contribution >= 4 is 5.91 Å². The molecule has 1 fully saturated rings. The number of rotatable bonds is 4. The molecule has 0 spiro atoms. The van der Waals surface area contributed by atoms with Crippen LogP contribution in [0.25, 0.3) is 0 Å². The first kappa shape index (κ1) is 10.5. The zero-order valence-corrected chi connectivity index (χ0v) is 7.99. The van der Waals surface area contributed by atoms with Crippen molar-refractivity contribution in [3.8, 4) is 0 Å². The monoisotopic (exact) mass is 187 g/mol. The Morgan fingerprint density at radius 2 is 2.08 bits per heavy atom. The highest BCUT2D eigenvalue weighted by Crippen LogP contribution is 2.24. The van der Waals surface area contributed by atoms with Crippen molar-refractivity contribution in [2.75, 3.05) is 19.8 Å². The molecule has 1 amide bonds. The third kappa shape index (κ3) is 1.69. The fourth-order valence-electron chi connectivity index (χ4n) is 1.78. The lowest BCUT2D eigenvalue weighted by molar-refractivity contribution is -0.137. The number of hydrogen-bond donors (Lipinski definition) is 2. The second-order valence-corrected chi connectivity index (χ2v) is 3.54. The van der Waals surface area contributed by atoms with Gasteiger partial charge in [-0.2, -0.15) is 0 Å². The third-order valence-electron chi connectivity index (χ3n) is 2.89. The first-order valence-corrected chi connectivity index (χ1v) is 4.72. The van der Waals surface area contributed by atoms with E-state index in [0.717, 1.165) is 6.42 Å². The molecule has 4 nitrogen and oxygen atoms in total. The van der Waals surface area contributed by atoms with Crippen LogP contribution < -0.4 is 0 Å². The molecule has 13 heavy (non-hydrogen) atoms. The van der Waals surface area contributed by atoms with Crippen molar-refractivity contribution in [2.24, 2.45) is 0 Å². The molecule has 4 heteroatoms. The molecule has 76 valence electrons. The lowest BCUT2D eigenvalue weighted by Crippen LogP contribution is -2.54. The van der Waals surface area contributed by atoms with Crippen molar-refractivity contribution in [3.05, 3.63) is 0 Å². The van der Waals surface area contributed by atoms with Crippen molar-refractivity contribution < 1.29 is 15.0 Å². The summed E-state index contributed by atoms with van der Waals surface area (Å²) in [7, 11) is 0. The number of aliphatic hydroxyl groups is 2. The summed E-state index contributed by atoms with van der Waals surface area (Å²) in [5, 5.41) is 18.4. The Morgan fingerprint density at radius 3 is 2.38 bits per heavy atom. The lowest BCUT2D eigenvalue weighted by atomic mass is 9.96. The maximum absolute atomic E-state index is 11.4. The number of likely N-dealkylation sites (tertiary alicyclic amines) is 1. The zero-order chi connectivity index (χ0) is 9.90. The van der Waals surface area contributed by atoms with E-state index in [4.69, 9.17) is 0 Å². The summed E-state index contributed by atoms with van der Waals surface area (Å²) in [5.41, 5.74) is -0.729. The second kappa shape index (κ2) is 4.07. The van der Waals surface area contributed by atoms with Gasteiger partial charge in [-0.05, 0) is 12.8 Å². The zero-order valence-electron chi connectivity index (χ0n) is 7.99. The summed E-state index contributed by atoms with van der Waals surface area (Å²) in [6, 6.07) is 0. The summed E-state index contributed by atoms with van der Waals surface area (Å²) in [6.45, 7) is 2.21. The standard InChI is InChI=1S/C9H17NO3/c1-2-9(6-11,7-12)10-5-3-4-8(10)13/h11-12H,2-7H2,1H3. The van der Waals surface area contributed by atoms with E-state index < -0.39 is 5.54 Å². The van der Waals surface area contributed by atoms with Gasteiger partial charge in [0.1, 0.15) is 0 Å². The van der Waals surface area contributed by atoms with Gasteiger partial charge < -0.3 is 15.1 Å². The van der Waals surface area contributed by atoms with E-state index in [-0.39, 0.29) is 19.1 Å². The maximum Gasteiger partial charge on any atom is 0.223 e. The smallest absolute Gasteiger partial charge is 0.223 e. The summed E-state index contributed by atoms with van der Waals surface area (Å²) >= 11 is 0. The van der Waals surface area contributed by atoms with Gasteiger partial charge in [0.05, 0.1) is 18.8 Å². The Kier molecular flexibility index (Phi) is 3.27. The molecule has 0 aliphatic carbocycles. The van der Waals surface area contributed by atoms with Crippen LogP contribution in [0.5, 0.6) is 0 Å². The quantitative estimate of drug-likeness (QED) is 0.637. The molecule has 0 bridgehead atoms. The normalized spacial score (nSPS) is 18.4. The fraction of sp³-hybridized carbons (Fsp3) is 0.889. The molecule has 1 rings (SSSR count). The minimum Gasteiger partial charge on any atom is -0.394 e. The maximum atomic E-state index is 11.4. The second-order valence-electron chi connectivity index (χ2n) is 3.54. The van der Waals surface area contributed by atoms with Gasteiger partial charge in [0.2, 0.25) is 5.91 Å². The van der Waals surface area contributed by atoms with Gasteiger partial charge in [-0.3, -0.25) is 4.79 Å². The van der Waals surface area contributed by atoms with Gasteiger partial charge >= 0.3 is 0 Å². The highest BCUT2D eigenvalue weighted by atomic mass is 16.3. The molecule has 1 aliphatic heterocycles. The van der Waals surface area contributed by atoms with Gasteiger partial charge in [0.25, 0.3) is 0 Å². The van der Waals surface area contributed by atoms with Crippen LogP contribution in [0.3, 0.4) is 0 Å². The number of carbonyl (C=O) groups is 1. The highest BCUT2D eigenvalue weighted by Gasteiger charge is 2.39. The molecular weight excluding hydrogens is 170 g/mol. The van der Waals surface area contributed by atoms with E-state index in [9.17, 15) is 15.0 Å². The average molecular weight is 187 g/mol. The molecule has 1 heterocycles. The summed E-state index contributed by atoms with van der Waals surface area (Å²) in [4.78, 5) is 13.0. The number of carbonyl (C=O) groups excluding carboxylic acids is 1. The van der Waals surface area contributed by atoms with Gasteiger partial charge in [-0.1, -0.05) is 6.92 Å². The molecule has 1 saturated heterocycles. The van der Waals surface area contributed by atoms with Gasteiger partial charge in [-0.15, -0.1) is 0 Å². The van der Waals surface area contributed by atoms with Crippen molar-refractivity contribution in [1.29, 1.82) is 0 Å². The van der Waals surface area contributed by atoms with Crippen LogP contribution in [-0.4, -0.2) is 46.3 Å². The first-order valence-electron chi connectivity index (χ1n) is 4.72. The van der Waals surface area contributed by atoms with Crippen molar-refractivity contribution in [1.82, 2.24) is 4.90 Å². The molecule has 0 unspecified atom stereocenters. The van der Waals surface area contributed by atoms with E-state index in [2.05, 4.69) is 0 Å². The Labute approximate surface area is 78.2 Å². The number of amides is 1. The summed E-state index contributed by atoms with van der Waals surface area (Å²) in [6.07, 6.45) is 1.97. The molecule has 0 atom stereocenters. The molecule has 0 aromatic carbocycles. The van der Waals surface area contributed by atoms with Crippen LogP contribution >= 0.6 is 0 Å². The molecule has 2 N–H and O–H groups in total. The minimum absolute atomic E-state index is 0.0463. The molecule has 0 aromatic rings. The largest absolute Gasteiger partial charge is 0.394 e. The lowest BCUT2D eigenvalue weighted by Gasteiger charge is -2.38. The topological polar surface area (TPSA) is 60.8 Å². The van der Waals surface area contributed by atoms with Gasteiger partial charge in [-0.25, -0.2) is 0 Å². The van der Waals surface area contributed by atoms with Crippen molar-refractivity contribution in [3.63, 3.8) is 0 Å². The van der Waals surface area contributed by atoms with Gasteiger partial charge in [0.15, 0.2) is 0 Å². The number of aliphatic hydroxyl groups excluding tert-OH is 2. The minimum atomic E-state index is -0.729. The Balaban J connectivity index is 2.79. The molecule has 1 aliphatic rings. The predicted octanol–water partition coefficient (Wildman–Crippen LogP) is -0.258. The fourth-order valence-corrected chi connectivity index (χ4v) is 1.78. The van der Waals surface area contributed by atoms with Crippen LogP contribution in [0.1, 0.15) is 26.2 Å². The van der Waals surface area contributed by atoms with Crippen LogP contribution in [0, 0.1) is 0 Å². The Hall–Kier alpha value is -0.610. The Bertz CT molecular complexity index is 181. The molecule has 0 aromatic heterocycles. The SMILES string of the molecule is CCC(CO)(CO)N1CCCC1=O. The van der Waals surface area contributed by atoms with Crippen LogP contribution in [0.4, 0.5) is 0 Å². The van der Waals surface area contributed by atoms with Crippen LogP contribution in [-0.2, 0) is 4.79 Å². The van der Waals surface area contributed by atoms with E-state index in [1.54, 1.807) is 4.90 Å². The van der Waals surface area contributed by atoms with Crippen LogP contribution in [0.2, 0.25) is 0 Å². The summed E-state index contributed by atoms with van der Waals surface area (Å²) in [5.74, 6) is 0.0463. The molecular formula is C9H17NO3. The molecule has 0 radical (unpaired) electrons. The first-order chi connectivity index (χ1) is 6.20. The van der Waals surface area contributed by atoms with E-state index in [0.29, 0.717) is 19.4 Å². The number of nitrogens with zero attached hydrogens (tertiary/aromatic N) is 1. The Morgan fingerprint density at radius 1 is 1.46 bits per heavy atom. The van der Waals surface area contributed by atoms with E-state index >= 15 is 0 Å². The average Bonchev–Trinajstić information content (AvgIpc) is 2.57. The van der Waals surface area contributed by atoms with Crippen molar-refractivity contribution in [2.45, 2.75) is 31.7 Å². The number of hydrogen-bond acceptors (Lipinski definition) is 3. The molecule has 0 saturated carbocycles. The summed E-state index contributed by atoms with van der Waals surface area (Å²) < 4.78 is 0. The van der Waals surface area contributed by atoms with E-state index in [1.807, 2.05) is 6.92 Å². The highest BCUT2D eigenvalue weighted by molar-refractivity contribution is 5.79. The third-order valence-corrected chi connectivity index (χ3v) is 2.89.